The molecule has 1 fully saturated rings. The highest BCUT2D eigenvalue weighted by atomic mass is 19.2. The summed E-state index contributed by atoms with van der Waals surface area (Å²) in [5.74, 6) is -2.38. The highest BCUT2D eigenvalue weighted by molar-refractivity contribution is 5.96. The van der Waals surface area contributed by atoms with Crippen molar-refractivity contribution >= 4 is 17.6 Å². The van der Waals surface area contributed by atoms with Gasteiger partial charge < -0.3 is 16.0 Å². The van der Waals surface area contributed by atoms with Crippen molar-refractivity contribution in [1.29, 1.82) is 0 Å². The molecule has 3 N–H and O–H groups in total. The van der Waals surface area contributed by atoms with E-state index in [4.69, 9.17) is 5.73 Å². The third kappa shape index (κ3) is 4.42. The van der Waals surface area contributed by atoms with Gasteiger partial charge in [0.15, 0.2) is 11.6 Å². The first kappa shape index (κ1) is 18.8. The standard InChI is InChI=1S/C20H21F2N3O2/c1-12-7-15(19(23)26)9-16(8-12)24-20(27)25-6-2-3-14(11-25)13-4-5-17(21)18(22)10-13/h4-5,7-10,14H,2-3,6,11H2,1H3,(H2,23,26)(H,24,27). The highest BCUT2D eigenvalue weighted by Gasteiger charge is 2.25. The zero-order valence-electron chi connectivity index (χ0n) is 15.0. The van der Waals surface area contributed by atoms with Crippen molar-refractivity contribution in [1.82, 2.24) is 4.90 Å². The van der Waals surface area contributed by atoms with Crippen LogP contribution in [0, 0.1) is 18.6 Å². The molecule has 142 valence electrons. The quantitative estimate of drug-likeness (QED) is 0.859. The molecule has 1 aliphatic heterocycles. The number of amides is 3. The van der Waals surface area contributed by atoms with E-state index in [1.807, 2.05) is 6.92 Å². The number of piperidine rings is 1. The molecule has 0 radical (unpaired) electrons. The van der Waals surface area contributed by atoms with Crippen molar-refractivity contribution < 1.29 is 18.4 Å². The Balaban J connectivity index is 1.71. The van der Waals surface area contributed by atoms with Gasteiger partial charge in [-0.2, -0.15) is 0 Å². The summed E-state index contributed by atoms with van der Waals surface area (Å²) in [4.78, 5) is 25.6. The monoisotopic (exact) mass is 373 g/mol. The van der Waals surface area contributed by atoms with E-state index < -0.39 is 17.5 Å². The number of nitrogens with zero attached hydrogens (tertiary/aromatic N) is 1. The molecule has 1 atom stereocenters. The largest absolute Gasteiger partial charge is 0.366 e. The summed E-state index contributed by atoms with van der Waals surface area (Å²) in [6, 6.07) is 8.50. The average Bonchev–Trinajstić information content (AvgIpc) is 2.63. The van der Waals surface area contributed by atoms with E-state index in [1.54, 1.807) is 23.1 Å². The molecule has 0 aromatic heterocycles. The van der Waals surface area contributed by atoms with Crippen LogP contribution >= 0.6 is 0 Å². The predicted octanol–water partition coefficient (Wildman–Crippen LogP) is 3.78. The van der Waals surface area contributed by atoms with Gasteiger partial charge in [-0.1, -0.05) is 6.07 Å². The number of hydrogen-bond donors (Lipinski definition) is 2. The minimum Gasteiger partial charge on any atom is -0.366 e. The second kappa shape index (κ2) is 7.73. The summed E-state index contributed by atoms with van der Waals surface area (Å²) >= 11 is 0. The molecule has 0 bridgehead atoms. The molecule has 2 aromatic rings. The fourth-order valence-corrected chi connectivity index (χ4v) is 3.40. The van der Waals surface area contributed by atoms with Gasteiger partial charge in [-0.3, -0.25) is 4.79 Å². The summed E-state index contributed by atoms with van der Waals surface area (Å²) in [5.41, 5.74) is 7.61. The Labute approximate surface area is 156 Å². The maximum absolute atomic E-state index is 13.5. The molecule has 0 saturated carbocycles. The lowest BCUT2D eigenvalue weighted by molar-refractivity contribution is 0.1000. The summed E-state index contributed by atoms with van der Waals surface area (Å²) in [5, 5.41) is 2.79. The minimum atomic E-state index is -0.882. The number of nitrogens with one attached hydrogen (secondary N) is 1. The zero-order valence-corrected chi connectivity index (χ0v) is 15.0. The van der Waals surface area contributed by atoms with E-state index >= 15 is 0 Å². The van der Waals surface area contributed by atoms with E-state index in [1.165, 1.54) is 12.1 Å². The van der Waals surface area contributed by atoms with Gasteiger partial charge in [-0.05, 0) is 61.2 Å². The number of halogens is 2. The lowest BCUT2D eigenvalue weighted by Crippen LogP contribution is -2.41. The zero-order chi connectivity index (χ0) is 19.6. The van der Waals surface area contributed by atoms with E-state index in [0.29, 0.717) is 29.9 Å². The summed E-state index contributed by atoms with van der Waals surface area (Å²) in [6.07, 6.45) is 1.56. The van der Waals surface area contributed by atoms with Gasteiger partial charge in [0, 0.05) is 30.3 Å². The number of anilines is 1. The second-order valence-corrected chi connectivity index (χ2v) is 6.84. The number of rotatable bonds is 3. The maximum Gasteiger partial charge on any atom is 0.321 e. The first-order chi connectivity index (χ1) is 12.8. The molecule has 5 nitrogen and oxygen atoms in total. The summed E-state index contributed by atoms with van der Waals surface area (Å²) < 4.78 is 26.7. The Morgan fingerprint density at radius 3 is 2.63 bits per heavy atom. The molecule has 2 aromatic carbocycles. The van der Waals surface area contributed by atoms with E-state index in [0.717, 1.165) is 24.5 Å². The Hall–Kier alpha value is -2.96. The topological polar surface area (TPSA) is 75.4 Å². The van der Waals surface area contributed by atoms with Gasteiger partial charge >= 0.3 is 6.03 Å². The van der Waals surface area contributed by atoms with Crippen LogP contribution in [-0.2, 0) is 0 Å². The van der Waals surface area contributed by atoms with Crippen molar-refractivity contribution in [3.8, 4) is 0 Å². The number of carbonyl (C=O) groups is 2. The fraction of sp³-hybridized carbons (Fsp3) is 0.300. The molecule has 1 heterocycles. The van der Waals surface area contributed by atoms with Gasteiger partial charge in [-0.25, -0.2) is 13.6 Å². The SMILES string of the molecule is Cc1cc(NC(=O)N2CCCC(c3ccc(F)c(F)c3)C2)cc(C(N)=O)c1. The minimum absolute atomic E-state index is 0.0571. The summed E-state index contributed by atoms with van der Waals surface area (Å²) in [6.45, 7) is 2.79. The average molecular weight is 373 g/mol. The molecule has 3 amide bonds. The van der Waals surface area contributed by atoms with Crippen molar-refractivity contribution in [3.63, 3.8) is 0 Å². The number of benzene rings is 2. The van der Waals surface area contributed by atoms with Crippen molar-refractivity contribution in [2.75, 3.05) is 18.4 Å². The van der Waals surface area contributed by atoms with E-state index in [-0.39, 0.29) is 11.9 Å². The Kier molecular flexibility index (Phi) is 5.39. The lowest BCUT2D eigenvalue weighted by atomic mass is 9.90. The van der Waals surface area contributed by atoms with E-state index in [9.17, 15) is 18.4 Å². The maximum atomic E-state index is 13.5. The highest BCUT2D eigenvalue weighted by Crippen LogP contribution is 2.28. The molecule has 7 heteroatoms. The van der Waals surface area contributed by atoms with Crippen LogP contribution in [0.25, 0.3) is 0 Å². The molecule has 1 aliphatic rings. The first-order valence-electron chi connectivity index (χ1n) is 8.76. The Bertz CT molecular complexity index is 886. The fourth-order valence-electron chi connectivity index (χ4n) is 3.40. The van der Waals surface area contributed by atoms with E-state index in [2.05, 4.69) is 5.32 Å². The molecule has 1 unspecified atom stereocenters. The third-order valence-corrected chi connectivity index (χ3v) is 4.74. The Morgan fingerprint density at radius 1 is 1.15 bits per heavy atom. The van der Waals surface area contributed by atoms with Crippen LogP contribution in [0.3, 0.4) is 0 Å². The normalized spacial score (nSPS) is 16.9. The molecular formula is C20H21F2N3O2. The second-order valence-electron chi connectivity index (χ2n) is 6.84. The number of carbonyl (C=O) groups excluding carboxylic acids is 2. The van der Waals surface area contributed by atoms with Crippen molar-refractivity contribution in [3.05, 3.63) is 64.7 Å². The van der Waals surface area contributed by atoms with Crippen LogP contribution in [0.2, 0.25) is 0 Å². The van der Waals surface area contributed by atoms with Crippen molar-refractivity contribution in [2.45, 2.75) is 25.7 Å². The number of likely N-dealkylation sites (tertiary alicyclic amines) is 1. The van der Waals surface area contributed by atoms with Crippen LogP contribution < -0.4 is 11.1 Å². The van der Waals surface area contributed by atoms with Gasteiger partial charge in [0.25, 0.3) is 0 Å². The van der Waals surface area contributed by atoms with Crippen LogP contribution in [0.1, 0.15) is 40.2 Å². The number of aryl methyl sites for hydroxylation is 1. The summed E-state index contributed by atoms with van der Waals surface area (Å²) in [7, 11) is 0. The van der Waals surface area contributed by atoms with Gasteiger partial charge in [0.05, 0.1) is 0 Å². The predicted molar refractivity (Wildman–Crippen MR) is 98.6 cm³/mol. The number of hydrogen-bond acceptors (Lipinski definition) is 2. The third-order valence-electron chi connectivity index (χ3n) is 4.74. The number of primary amides is 1. The Morgan fingerprint density at radius 2 is 1.93 bits per heavy atom. The molecule has 3 rings (SSSR count). The van der Waals surface area contributed by atoms with Crippen molar-refractivity contribution in [2.24, 2.45) is 5.73 Å². The van der Waals surface area contributed by atoms with Crippen LogP contribution in [0.5, 0.6) is 0 Å². The molecule has 0 spiro atoms. The number of nitrogens with two attached hydrogens (primary N) is 1. The molecule has 27 heavy (non-hydrogen) atoms. The first-order valence-corrected chi connectivity index (χ1v) is 8.76. The molecular weight excluding hydrogens is 352 g/mol. The van der Waals surface area contributed by atoms with Crippen LogP contribution in [-0.4, -0.2) is 29.9 Å². The van der Waals surface area contributed by atoms with Gasteiger partial charge in [0.1, 0.15) is 0 Å². The molecule has 1 saturated heterocycles. The smallest absolute Gasteiger partial charge is 0.321 e. The van der Waals surface area contributed by atoms with Crippen LogP contribution in [0.15, 0.2) is 36.4 Å². The van der Waals surface area contributed by atoms with Gasteiger partial charge in [0.2, 0.25) is 5.91 Å². The van der Waals surface area contributed by atoms with Crippen LogP contribution in [0.4, 0.5) is 19.3 Å². The lowest BCUT2D eigenvalue weighted by Gasteiger charge is -2.33. The number of urea groups is 1. The molecule has 0 aliphatic carbocycles. The van der Waals surface area contributed by atoms with Gasteiger partial charge in [-0.15, -0.1) is 0 Å².